The Hall–Kier alpha value is -1.97. The van der Waals surface area contributed by atoms with Crippen LogP contribution in [-0.4, -0.2) is 41.5 Å². The van der Waals surface area contributed by atoms with Crippen molar-refractivity contribution < 1.29 is 53.8 Å². The summed E-state index contributed by atoms with van der Waals surface area (Å²) in [4.78, 5) is 11.5. The summed E-state index contributed by atoms with van der Waals surface area (Å²) in [6.45, 7) is 2.02. The Morgan fingerprint density at radius 3 is 2.43 bits per heavy atom. The first kappa shape index (κ1) is 22.7. The van der Waals surface area contributed by atoms with Gasteiger partial charge in [-0.25, -0.2) is 8.42 Å². The molecule has 0 radical (unpaired) electrons. The van der Waals surface area contributed by atoms with Crippen LogP contribution >= 0.6 is 0 Å². The number of hydrogen-bond donors (Lipinski definition) is 1. The second-order valence-corrected chi connectivity index (χ2v) is 8.86. The second kappa shape index (κ2) is 9.03. The Morgan fingerprint density at radius 1 is 1.13 bits per heavy atom. The van der Waals surface area contributed by atoms with E-state index in [0.717, 1.165) is 21.0 Å². The van der Waals surface area contributed by atoms with Crippen molar-refractivity contribution in [2.45, 2.75) is 30.7 Å². The minimum Gasteiger partial charge on any atom is -1.00 e. The Bertz CT molecular complexity index is 1150. The van der Waals surface area contributed by atoms with Crippen LogP contribution in [0, 0.1) is 6.92 Å². The van der Waals surface area contributed by atoms with E-state index >= 15 is 0 Å². The zero-order valence-corrected chi connectivity index (χ0v) is 19.6. The van der Waals surface area contributed by atoms with Gasteiger partial charge in [-0.2, -0.15) is 4.31 Å². The number of aryl methyl sites for hydroxylation is 1. The first-order valence-electron chi connectivity index (χ1n) is 9.26. The zero-order chi connectivity index (χ0) is 20.6. The summed E-state index contributed by atoms with van der Waals surface area (Å²) in [5, 5.41) is 13.5. The fourth-order valence-corrected chi connectivity index (χ4v) is 5.36. The van der Waals surface area contributed by atoms with Gasteiger partial charge in [0.2, 0.25) is 10.0 Å². The molecular formula is C21H21N2NaO5S. The van der Waals surface area contributed by atoms with E-state index in [0.29, 0.717) is 24.3 Å². The van der Waals surface area contributed by atoms with Crippen LogP contribution in [-0.2, 0) is 14.8 Å². The van der Waals surface area contributed by atoms with Crippen molar-refractivity contribution in [1.29, 1.82) is 0 Å². The second-order valence-electron chi connectivity index (χ2n) is 6.96. The van der Waals surface area contributed by atoms with E-state index in [4.69, 9.17) is 4.52 Å². The molecule has 1 aliphatic rings. The first-order valence-corrected chi connectivity index (χ1v) is 10.7. The molecule has 2 heterocycles. The number of rotatable bonds is 5. The van der Waals surface area contributed by atoms with Gasteiger partial charge in [-0.05, 0) is 37.5 Å². The standard InChI is InChI=1S/C21H20N2O5S.Na.H/c1-14-19(20(22-28-14)16-6-3-2-4-7-16)15-9-11-17(12-10-15)29(26,27)23-13-5-8-18(23)21(24)25;;/h2-4,6-7,9-12,18H,5,8,13H2,1H3,(H,24,25);;/q;+1;-1/t18-;;/m0../s1. The minimum absolute atomic E-state index is 0. The number of aromatic nitrogens is 1. The molecule has 4 rings (SSSR count). The molecule has 0 bridgehead atoms. The summed E-state index contributed by atoms with van der Waals surface area (Å²) in [6, 6.07) is 15.0. The summed E-state index contributed by atoms with van der Waals surface area (Å²) in [5.41, 5.74) is 3.16. The van der Waals surface area contributed by atoms with Crippen molar-refractivity contribution >= 4 is 16.0 Å². The van der Waals surface area contributed by atoms with E-state index in [9.17, 15) is 18.3 Å². The fraction of sp³-hybridized carbons (Fsp3) is 0.238. The molecule has 0 spiro atoms. The number of benzene rings is 2. The van der Waals surface area contributed by atoms with Crippen LogP contribution in [0.15, 0.2) is 64.0 Å². The Kier molecular flexibility index (Phi) is 6.84. The van der Waals surface area contributed by atoms with Gasteiger partial charge in [0.15, 0.2) is 0 Å². The monoisotopic (exact) mass is 436 g/mol. The molecule has 9 heteroatoms. The molecule has 1 N–H and O–H groups in total. The van der Waals surface area contributed by atoms with E-state index < -0.39 is 22.0 Å². The van der Waals surface area contributed by atoms with Crippen LogP contribution in [0.4, 0.5) is 0 Å². The molecule has 0 saturated carbocycles. The van der Waals surface area contributed by atoms with Gasteiger partial charge in [0.05, 0.1) is 10.5 Å². The van der Waals surface area contributed by atoms with Gasteiger partial charge in [-0.3, -0.25) is 4.79 Å². The normalized spacial score (nSPS) is 16.9. The Balaban J connectivity index is 0.00000171. The van der Waals surface area contributed by atoms with Crippen LogP contribution < -0.4 is 29.6 Å². The Morgan fingerprint density at radius 2 is 1.80 bits per heavy atom. The van der Waals surface area contributed by atoms with Gasteiger partial charge in [0.1, 0.15) is 17.5 Å². The van der Waals surface area contributed by atoms with Crippen molar-refractivity contribution in [3.8, 4) is 22.4 Å². The smallest absolute Gasteiger partial charge is 1.00 e. The van der Waals surface area contributed by atoms with Crippen LogP contribution in [0.5, 0.6) is 0 Å². The molecule has 152 valence electrons. The topological polar surface area (TPSA) is 101 Å². The summed E-state index contributed by atoms with van der Waals surface area (Å²) in [5.74, 6) is -0.486. The molecule has 1 saturated heterocycles. The Labute approximate surface area is 198 Å². The van der Waals surface area contributed by atoms with Crippen LogP contribution in [0.25, 0.3) is 22.4 Å². The molecule has 7 nitrogen and oxygen atoms in total. The molecule has 1 aliphatic heterocycles. The van der Waals surface area contributed by atoms with Gasteiger partial charge in [-0.1, -0.05) is 47.6 Å². The number of carboxylic acids is 1. The van der Waals surface area contributed by atoms with E-state index in [2.05, 4.69) is 5.16 Å². The minimum atomic E-state index is -3.88. The SMILES string of the molecule is Cc1onc(-c2ccccc2)c1-c1ccc(S(=O)(=O)N2CCC[C@H]2C(=O)O)cc1.[H-].[Na+]. The van der Waals surface area contributed by atoms with Crippen molar-refractivity contribution in [3.63, 3.8) is 0 Å². The van der Waals surface area contributed by atoms with Crippen molar-refractivity contribution in [1.82, 2.24) is 9.46 Å². The van der Waals surface area contributed by atoms with Crippen LogP contribution in [0.2, 0.25) is 0 Å². The van der Waals surface area contributed by atoms with Crippen LogP contribution in [0.3, 0.4) is 0 Å². The summed E-state index contributed by atoms with van der Waals surface area (Å²) in [7, 11) is -3.88. The quantitative estimate of drug-likeness (QED) is 0.590. The number of sulfonamides is 1. The molecule has 2 aromatic carbocycles. The summed E-state index contributed by atoms with van der Waals surface area (Å²) >= 11 is 0. The molecule has 3 aromatic rings. The van der Waals surface area contributed by atoms with E-state index in [-0.39, 0.29) is 42.4 Å². The van der Waals surface area contributed by atoms with E-state index in [1.807, 2.05) is 30.3 Å². The molecule has 0 amide bonds. The average Bonchev–Trinajstić information content (AvgIpc) is 3.36. The average molecular weight is 436 g/mol. The summed E-state index contributed by atoms with van der Waals surface area (Å²) < 4.78 is 32.3. The molecule has 1 aromatic heterocycles. The van der Waals surface area contributed by atoms with Crippen molar-refractivity contribution in [2.24, 2.45) is 0 Å². The molecule has 1 atom stereocenters. The van der Waals surface area contributed by atoms with Crippen molar-refractivity contribution in [3.05, 3.63) is 60.4 Å². The van der Waals surface area contributed by atoms with Crippen molar-refractivity contribution in [2.75, 3.05) is 6.54 Å². The maximum absolute atomic E-state index is 12.9. The maximum Gasteiger partial charge on any atom is 1.00 e. The van der Waals surface area contributed by atoms with E-state index in [1.165, 1.54) is 12.1 Å². The number of carbonyl (C=O) groups is 1. The third-order valence-corrected chi connectivity index (χ3v) is 7.07. The van der Waals surface area contributed by atoms with Gasteiger partial charge >= 0.3 is 35.5 Å². The fourth-order valence-electron chi connectivity index (χ4n) is 3.71. The van der Waals surface area contributed by atoms with E-state index in [1.54, 1.807) is 19.1 Å². The third-order valence-electron chi connectivity index (χ3n) is 5.15. The number of aliphatic carboxylic acids is 1. The molecule has 0 aliphatic carbocycles. The van der Waals surface area contributed by atoms with Gasteiger partial charge < -0.3 is 11.1 Å². The zero-order valence-electron chi connectivity index (χ0n) is 17.8. The first-order chi connectivity index (χ1) is 13.9. The predicted octanol–water partition coefficient (Wildman–Crippen LogP) is 0.671. The van der Waals surface area contributed by atoms with Crippen LogP contribution in [0.1, 0.15) is 20.0 Å². The molecular weight excluding hydrogens is 415 g/mol. The number of carboxylic acid groups (broad SMARTS) is 1. The maximum atomic E-state index is 12.9. The molecule has 0 unspecified atom stereocenters. The molecule has 1 fully saturated rings. The molecule has 30 heavy (non-hydrogen) atoms. The third kappa shape index (κ3) is 4.10. The van der Waals surface area contributed by atoms with Gasteiger partial charge in [0, 0.05) is 12.1 Å². The number of nitrogens with zero attached hydrogens (tertiary/aromatic N) is 2. The van der Waals surface area contributed by atoms with Gasteiger partial charge in [-0.15, -0.1) is 0 Å². The summed E-state index contributed by atoms with van der Waals surface area (Å²) in [6.07, 6.45) is 0.863. The number of hydrogen-bond acceptors (Lipinski definition) is 5. The largest absolute Gasteiger partial charge is 1.00 e. The van der Waals surface area contributed by atoms with Gasteiger partial charge in [0.25, 0.3) is 0 Å². The predicted molar refractivity (Wildman–Crippen MR) is 108 cm³/mol.